The van der Waals surface area contributed by atoms with E-state index in [0.717, 1.165) is 18.9 Å². The van der Waals surface area contributed by atoms with E-state index in [1.54, 1.807) is 0 Å². The Kier molecular flexibility index (Phi) is 19.4. The summed E-state index contributed by atoms with van der Waals surface area (Å²) < 4.78 is 0. The molecule has 54 valence electrons. The molecule has 0 spiro atoms. The third-order valence-electron chi connectivity index (χ3n) is 0.566. The van der Waals surface area contributed by atoms with Crippen LogP contribution in [-0.2, 0) is 4.79 Å². The fraction of sp³-hybridized carbons (Fsp3) is 0.800. The minimum atomic E-state index is 0.195. The molecule has 0 saturated carbocycles. The van der Waals surface area contributed by atoms with Gasteiger partial charge in [0.15, 0.2) is 0 Å². The number of isocyanates is 1. The maximum atomic E-state index is 8.35. The number of nitrogens with one attached hydrogen (secondary N) is 1. The summed E-state index contributed by atoms with van der Waals surface area (Å²) in [6, 6.07) is 0. The molecule has 0 aromatic carbocycles. The number of hydrogen-bond acceptors (Lipinski definition) is 4. The molecule has 0 saturated heterocycles. The zero-order valence-electron chi connectivity index (χ0n) is 5.13. The number of hydrogen-bond donors (Lipinski definition) is 3. The first-order valence-electron chi connectivity index (χ1n) is 2.59. The van der Waals surface area contributed by atoms with E-state index in [1.165, 1.54) is 0 Å². The lowest BCUT2D eigenvalue weighted by Gasteiger charge is -1.85. The SMILES string of the molecule is N=C=O.OCCCCO. The Morgan fingerprint density at radius 1 is 1.22 bits per heavy atom. The quantitative estimate of drug-likeness (QED) is 0.279. The Labute approximate surface area is 53.6 Å². The van der Waals surface area contributed by atoms with E-state index < -0.39 is 0 Å². The Bertz CT molecular complexity index is 64.6. The Morgan fingerprint density at radius 2 is 1.44 bits per heavy atom. The van der Waals surface area contributed by atoms with Crippen molar-refractivity contribution in [3.05, 3.63) is 0 Å². The number of aliphatic hydroxyl groups is 2. The third kappa shape index (κ3) is 38.8. The number of unbranched alkanes of at least 4 members (excludes halogenated alkanes) is 1. The zero-order chi connectivity index (χ0) is 7.54. The van der Waals surface area contributed by atoms with E-state index in [2.05, 4.69) is 0 Å². The van der Waals surface area contributed by atoms with E-state index in [4.69, 9.17) is 20.4 Å². The van der Waals surface area contributed by atoms with Crippen LogP contribution in [0, 0.1) is 5.41 Å². The Morgan fingerprint density at radius 3 is 1.56 bits per heavy atom. The van der Waals surface area contributed by atoms with Crippen LogP contribution in [0.2, 0.25) is 0 Å². The highest BCUT2D eigenvalue weighted by Gasteiger charge is 1.77. The van der Waals surface area contributed by atoms with Crippen molar-refractivity contribution in [1.29, 1.82) is 5.41 Å². The van der Waals surface area contributed by atoms with Crippen LogP contribution < -0.4 is 0 Å². The smallest absolute Gasteiger partial charge is 0.231 e. The van der Waals surface area contributed by atoms with Gasteiger partial charge in [-0.1, -0.05) is 0 Å². The maximum Gasteiger partial charge on any atom is 0.231 e. The zero-order valence-corrected chi connectivity index (χ0v) is 5.13. The Balaban J connectivity index is 0. The van der Waals surface area contributed by atoms with Crippen molar-refractivity contribution >= 4 is 6.08 Å². The molecule has 0 aliphatic carbocycles. The van der Waals surface area contributed by atoms with Gasteiger partial charge in [-0.25, -0.2) is 10.2 Å². The predicted octanol–water partition coefficient (Wildman–Crippen LogP) is -0.348. The molecule has 0 amide bonds. The van der Waals surface area contributed by atoms with Gasteiger partial charge < -0.3 is 10.2 Å². The standard InChI is InChI=1S/C4H10O2.CHNO/c5-3-1-2-4-6;2-1-3/h5-6H,1-4H2;2H. The largest absolute Gasteiger partial charge is 0.396 e. The molecule has 0 aliphatic rings. The summed E-state index contributed by atoms with van der Waals surface area (Å²) in [4.78, 5) is 8.35. The molecule has 0 rings (SSSR count). The van der Waals surface area contributed by atoms with Crippen molar-refractivity contribution < 1.29 is 15.0 Å². The van der Waals surface area contributed by atoms with Gasteiger partial charge in [0.1, 0.15) is 0 Å². The van der Waals surface area contributed by atoms with Crippen LogP contribution in [-0.4, -0.2) is 29.5 Å². The van der Waals surface area contributed by atoms with Crippen molar-refractivity contribution in [2.45, 2.75) is 12.8 Å². The highest BCUT2D eigenvalue weighted by Crippen LogP contribution is 1.80. The van der Waals surface area contributed by atoms with Crippen molar-refractivity contribution in [3.63, 3.8) is 0 Å². The third-order valence-corrected chi connectivity index (χ3v) is 0.566. The summed E-state index contributed by atoms with van der Waals surface area (Å²) in [5.41, 5.74) is 0. The Hall–Kier alpha value is -0.700. The fourth-order valence-electron chi connectivity index (χ4n) is 0.224. The molecule has 4 heteroatoms. The van der Waals surface area contributed by atoms with Gasteiger partial charge in [-0.3, -0.25) is 0 Å². The average Bonchev–Trinajstić information content (AvgIpc) is 1.86. The monoisotopic (exact) mass is 133 g/mol. The van der Waals surface area contributed by atoms with Crippen LogP contribution in [0.25, 0.3) is 0 Å². The minimum Gasteiger partial charge on any atom is -0.396 e. The van der Waals surface area contributed by atoms with E-state index in [-0.39, 0.29) is 13.2 Å². The van der Waals surface area contributed by atoms with Crippen LogP contribution >= 0.6 is 0 Å². The molecule has 0 unspecified atom stereocenters. The molecular weight excluding hydrogens is 122 g/mol. The van der Waals surface area contributed by atoms with Gasteiger partial charge >= 0.3 is 0 Å². The summed E-state index contributed by atoms with van der Waals surface area (Å²) in [5.74, 6) is 0. The summed E-state index contributed by atoms with van der Waals surface area (Å²) in [6.45, 7) is 0.390. The topological polar surface area (TPSA) is 81.4 Å². The highest BCUT2D eigenvalue weighted by atomic mass is 16.3. The summed E-state index contributed by atoms with van der Waals surface area (Å²) in [7, 11) is 0. The van der Waals surface area contributed by atoms with Gasteiger partial charge in [0.05, 0.1) is 0 Å². The van der Waals surface area contributed by atoms with Crippen molar-refractivity contribution in [2.24, 2.45) is 0 Å². The van der Waals surface area contributed by atoms with Gasteiger partial charge in [0, 0.05) is 13.2 Å². The molecule has 0 aromatic heterocycles. The molecular formula is C5H11NO3. The van der Waals surface area contributed by atoms with E-state index in [0.29, 0.717) is 0 Å². The molecule has 0 bridgehead atoms. The van der Waals surface area contributed by atoms with Crippen molar-refractivity contribution in [2.75, 3.05) is 13.2 Å². The highest BCUT2D eigenvalue weighted by molar-refractivity contribution is 5.26. The summed E-state index contributed by atoms with van der Waals surface area (Å²) >= 11 is 0. The molecule has 0 atom stereocenters. The molecule has 0 heterocycles. The number of rotatable bonds is 3. The maximum absolute atomic E-state index is 8.35. The lowest BCUT2D eigenvalue weighted by molar-refractivity contribution is 0.242. The molecule has 4 nitrogen and oxygen atoms in total. The summed E-state index contributed by atoms with van der Waals surface area (Å²) in [6.07, 6.45) is 2.19. The molecule has 0 aromatic rings. The van der Waals surface area contributed by atoms with Gasteiger partial charge in [-0.2, -0.15) is 0 Å². The summed E-state index contributed by atoms with van der Waals surface area (Å²) in [5, 5.41) is 21.6. The lowest BCUT2D eigenvalue weighted by atomic mass is 10.3. The minimum absolute atomic E-state index is 0.195. The van der Waals surface area contributed by atoms with Crippen LogP contribution in [0.3, 0.4) is 0 Å². The van der Waals surface area contributed by atoms with Crippen LogP contribution in [0.4, 0.5) is 0 Å². The van der Waals surface area contributed by atoms with Crippen molar-refractivity contribution in [1.82, 2.24) is 0 Å². The number of aliphatic hydroxyl groups excluding tert-OH is 2. The van der Waals surface area contributed by atoms with Gasteiger partial charge in [0.2, 0.25) is 6.08 Å². The second kappa shape index (κ2) is 15.7. The van der Waals surface area contributed by atoms with E-state index in [9.17, 15) is 0 Å². The molecule has 0 radical (unpaired) electrons. The first-order chi connectivity index (χ1) is 4.33. The van der Waals surface area contributed by atoms with Gasteiger partial charge in [-0.05, 0) is 12.8 Å². The molecule has 9 heavy (non-hydrogen) atoms. The predicted molar refractivity (Wildman–Crippen MR) is 31.8 cm³/mol. The molecule has 3 N–H and O–H groups in total. The molecule has 0 fully saturated rings. The first-order valence-corrected chi connectivity index (χ1v) is 2.59. The van der Waals surface area contributed by atoms with Gasteiger partial charge in [0.25, 0.3) is 0 Å². The molecule has 0 aliphatic heterocycles. The van der Waals surface area contributed by atoms with Crippen LogP contribution in [0.1, 0.15) is 12.8 Å². The second-order valence-corrected chi connectivity index (χ2v) is 1.26. The number of carbonyl (C=O) groups excluding carboxylic acids is 1. The van der Waals surface area contributed by atoms with Gasteiger partial charge in [-0.15, -0.1) is 0 Å². The second-order valence-electron chi connectivity index (χ2n) is 1.26. The first kappa shape index (κ1) is 11.1. The lowest BCUT2D eigenvalue weighted by Crippen LogP contribution is -1.85. The van der Waals surface area contributed by atoms with Crippen molar-refractivity contribution in [3.8, 4) is 0 Å². The van der Waals surface area contributed by atoms with E-state index >= 15 is 0 Å². The van der Waals surface area contributed by atoms with Crippen LogP contribution in [0.5, 0.6) is 0 Å². The fourth-order valence-corrected chi connectivity index (χ4v) is 0.224. The average molecular weight is 133 g/mol. The van der Waals surface area contributed by atoms with Crippen LogP contribution in [0.15, 0.2) is 0 Å². The van der Waals surface area contributed by atoms with E-state index in [1.807, 2.05) is 0 Å². The normalized spacial score (nSPS) is 6.89.